The molecule has 4 rings (SSSR count). The lowest BCUT2D eigenvalue weighted by Crippen LogP contribution is -2.35. The highest BCUT2D eigenvalue weighted by atomic mass is 35.5. The number of carbonyl (C=O) groups is 4. The molecule has 0 radical (unpaired) electrons. The molecule has 10 heteroatoms. The predicted molar refractivity (Wildman–Crippen MR) is 103 cm³/mol. The van der Waals surface area contributed by atoms with Crippen LogP contribution in [0.2, 0.25) is 5.02 Å². The largest absolute Gasteiger partial charge is 0.457 e. The van der Waals surface area contributed by atoms with Crippen molar-refractivity contribution in [1.82, 2.24) is 4.90 Å². The highest BCUT2D eigenvalue weighted by Gasteiger charge is 2.60. The number of esters is 1. The number of halogens is 1. The van der Waals surface area contributed by atoms with Crippen LogP contribution < -0.4 is 0 Å². The number of hydrogen-bond acceptors (Lipinski definition) is 7. The van der Waals surface area contributed by atoms with Crippen LogP contribution in [0, 0.1) is 33.8 Å². The van der Waals surface area contributed by atoms with Gasteiger partial charge in [-0.1, -0.05) is 11.6 Å². The molecule has 0 aromatic heterocycles. The molecule has 1 aromatic carbocycles. The first-order valence-corrected chi connectivity index (χ1v) is 10.1. The van der Waals surface area contributed by atoms with Crippen LogP contribution in [0.3, 0.4) is 0 Å². The van der Waals surface area contributed by atoms with Gasteiger partial charge in [-0.25, -0.2) is 0 Å². The molecule has 2 bridgehead atoms. The van der Waals surface area contributed by atoms with Crippen molar-refractivity contribution in [3.8, 4) is 0 Å². The third-order valence-electron chi connectivity index (χ3n) is 6.39. The van der Waals surface area contributed by atoms with Gasteiger partial charge in [-0.2, -0.15) is 0 Å². The number of carbonyl (C=O) groups excluding carboxylic acids is 4. The van der Waals surface area contributed by atoms with E-state index < -0.39 is 29.0 Å². The van der Waals surface area contributed by atoms with E-state index in [0.29, 0.717) is 0 Å². The summed E-state index contributed by atoms with van der Waals surface area (Å²) in [5, 5.41) is 10.8. The molecule has 1 aliphatic heterocycles. The number of ether oxygens (including phenoxy) is 1. The minimum Gasteiger partial charge on any atom is -0.457 e. The average molecular weight is 435 g/mol. The zero-order valence-electron chi connectivity index (χ0n) is 15.9. The molecule has 0 N–H and O–H groups in total. The summed E-state index contributed by atoms with van der Waals surface area (Å²) in [6.07, 6.45) is 2.69. The standard InChI is InChI=1S/C20H19ClN2O7/c21-13-4-3-10(8-14(13)23(28)29)15(24)9-30-16(25)5-6-22-19(26)17-11-1-2-12(7-11)18(17)20(22)27/h3-4,8,11-12,17-18H,1-2,5-7,9H2/t11-,12+,17-,18-/m0/s1. The van der Waals surface area contributed by atoms with Crippen molar-refractivity contribution >= 4 is 40.9 Å². The van der Waals surface area contributed by atoms with Crippen molar-refractivity contribution in [3.63, 3.8) is 0 Å². The van der Waals surface area contributed by atoms with Crippen molar-refractivity contribution in [2.45, 2.75) is 25.7 Å². The Hall–Kier alpha value is -2.81. The Bertz CT molecular complexity index is 934. The second kappa shape index (κ2) is 7.79. The van der Waals surface area contributed by atoms with Gasteiger partial charge in [-0.15, -0.1) is 0 Å². The number of nitro benzene ring substituents is 1. The Labute approximate surface area is 176 Å². The summed E-state index contributed by atoms with van der Waals surface area (Å²) >= 11 is 5.71. The third kappa shape index (κ3) is 3.47. The number of Topliss-reactive ketones (excluding diaryl/α,β-unsaturated/α-hetero) is 1. The van der Waals surface area contributed by atoms with Gasteiger partial charge in [0.2, 0.25) is 17.6 Å². The second-order valence-electron chi connectivity index (χ2n) is 7.97. The maximum absolute atomic E-state index is 12.6. The molecule has 3 aliphatic rings. The fraction of sp³-hybridized carbons (Fsp3) is 0.500. The number of likely N-dealkylation sites (tertiary alicyclic amines) is 1. The number of rotatable bonds is 7. The van der Waals surface area contributed by atoms with Crippen molar-refractivity contribution in [2.24, 2.45) is 23.7 Å². The van der Waals surface area contributed by atoms with Gasteiger partial charge in [0.1, 0.15) is 5.02 Å². The molecule has 2 saturated carbocycles. The summed E-state index contributed by atoms with van der Waals surface area (Å²) in [6, 6.07) is 3.55. The Morgan fingerprint density at radius 3 is 2.40 bits per heavy atom. The fourth-order valence-electron chi connectivity index (χ4n) is 5.02. The van der Waals surface area contributed by atoms with Crippen LogP contribution in [0.5, 0.6) is 0 Å². The predicted octanol–water partition coefficient (Wildman–Crippen LogP) is 2.40. The number of nitrogens with zero attached hydrogens (tertiary/aromatic N) is 2. The van der Waals surface area contributed by atoms with E-state index in [-0.39, 0.29) is 59.0 Å². The normalized spacial score (nSPS) is 26.8. The molecule has 1 aromatic rings. The van der Waals surface area contributed by atoms with Crippen LogP contribution in [-0.4, -0.2) is 46.5 Å². The monoisotopic (exact) mass is 434 g/mol. The number of hydrogen-bond donors (Lipinski definition) is 0. The van der Waals surface area contributed by atoms with E-state index in [1.807, 2.05) is 0 Å². The van der Waals surface area contributed by atoms with Crippen LogP contribution in [0.4, 0.5) is 5.69 Å². The Morgan fingerprint density at radius 2 is 1.80 bits per heavy atom. The van der Waals surface area contributed by atoms with Gasteiger partial charge >= 0.3 is 5.97 Å². The van der Waals surface area contributed by atoms with Crippen LogP contribution in [0.1, 0.15) is 36.0 Å². The molecule has 1 saturated heterocycles. The van der Waals surface area contributed by atoms with E-state index in [1.165, 1.54) is 12.1 Å². The number of ketones is 1. The van der Waals surface area contributed by atoms with Gasteiger partial charge in [0.25, 0.3) is 5.69 Å². The summed E-state index contributed by atoms with van der Waals surface area (Å²) in [7, 11) is 0. The lowest BCUT2D eigenvalue weighted by Gasteiger charge is -2.19. The van der Waals surface area contributed by atoms with Gasteiger partial charge in [0, 0.05) is 18.2 Å². The lowest BCUT2D eigenvalue weighted by molar-refractivity contribution is -0.384. The summed E-state index contributed by atoms with van der Waals surface area (Å²) in [6.45, 7) is -0.668. The van der Waals surface area contributed by atoms with E-state index in [9.17, 15) is 29.3 Å². The topological polar surface area (TPSA) is 124 Å². The zero-order chi connectivity index (χ0) is 21.6. The number of nitro groups is 1. The molecule has 9 nitrogen and oxygen atoms in total. The van der Waals surface area contributed by atoms with Crippen LogP contribution in [0.25, 0.3) is 0 Å². The highest BCUT2D eigenvalue weighted by molar-refractivity contribution is 6.32. The maximum Gasteiger partial charge on any atom is 0.308 e. The van der Waals surface area contributed by atoms with Crippen molar-refractivity contribution in [2.75, 3.05) is 13.2 Å². The fourth-order valence-corrected chi connectivity index (χ4v) is 5.21. The smallest absolute Gasteiger partial charge is 0.308 e. The molecular weight excluding hydrogens is 416 g/mol. The van der Waals surface area contributed by atoms with E-state index >= 15 is 0 Å². The minimum absolute atomic E-state index is 0.00732. The van der Waals surface area contributed by atoms with Crippen LogP contribution in [-0.2, 0) is 19.1 Å². The molecule has 4 atom stereocenters. The molecule has 2 amide bonds. The van der Waals surface area contributed by atoms with Gasteiger partial charge in [-0.05, 0) is 43.2 Å². The maximum atomic E-state index is 12.6. The number of imide groups is 1. The second-order valence-corrected chi connectivity index (χ2v) is 8.38. The molecule has 0 unspecified atom stereocenters. The summed E-state index contributed by atoms with van der Waals surface area (Å²) in [5.74, 6) is -1.69. The Morgan fingerprint density at radius 1 is 1.17 bits per heavy atom. The van der Waals surface area contributed by atoms with E-state index in [4.69, 9.17) is 16.3 Å². The van der Waals surface area contributed by atoms with E-state index in [1.54, 1.807) is 0 Å². The quantitative estimate of drug-likeness (QED) is 0.212. The van der Waals surface area contributed by atoms with Gasteiger partial charge in [-0.3, -0.25) is 34.2 Å². The molecule has 30 heavy (non-hydrogen) atoms. The summed E-state index contributed by atoms with van der Waals surface area (Å²) < 4.78 is 4.93. The van der Waals surface area contributed by atoms with Crippen LogP contribution >= 0.6 is 11.6 Å². The average Bonchev–Trinajstić information content (AvgIpc) is 3.39. The third-order valence-corrected chi connectivity index (χ3v) is 6.71. The van der Waals surface area contributed by atoms with Gasteiger partial charge in [0.15, 0.2) is 6.61 Å². The van der Waals surface area contributed by atoms with Gasteiger partial charge < -0.3 is 4.74 Å². The molecule has 3 fully saturated rings. The number of amides is 2. The highest BCUT2D eigenvalue weighted by Crippen LogP contribution is 2.56. The van der Waals surface area contributed by atoms with E-state index in [2.05, 4.69) is 0 Å². The molecule has 0 spiro atoms. The van der Waals surface area contributed by atoms with Crippen LogP contribution in [0.15, 0.2) is 18.2 Å². The summed E-state index contributed by atoms with van der Waals surface area (Å²) in [5.41, 5.74) is -0.425. The zero-order valence-corrected chi connectivity index (χ0v) is 16.7. The Balaban J connectivity index is 1.29. The van der Waals surface area contributed by atoms with Gasteiger partial charge in [0.05, 0.1) is 23.2 Å². The molecular formula is C20H19ClN2O7. The van der Waals surface area contributed by atoms with Crippen molar-refractivity contribution in [1.29, 1.82) is 0 Å². The Kier molecular flexibility index (Phi) is 5.31. The molecule has 158 valence electrons. The minimum atomic E-state index is -0.729. The number of benzene rings is 1. The first-order valence-electron chi connectivity index (χ1n) is 9.76. The summed E-state index contributed by atoms with van der Waals surface area (Å²) in [4.78, 5) is 60.7. The first kappa shape index (κ1) is 20.5. The first-order chi connectivity index (χ1) is 14.3. The SMILES string of the molecule is O=C(CCN1C(=O)[C@H]2[C@@H]3CC[C@@H](C3)[C@@H]2C1=O)OCC(=O)c1ccc(Cl)c([N+](=O)[O-])c1. The lowest BCUT2D eigenvalue weighted by atomic mass is 9.81. The number of fused-ring (bicyclic) bond motifs is 5. The van der Waals surface area contributed by atoms with E-state index in [0.717, 1.165) is 30.2 Å². The van der Waals surface area contributed by atoms with Crippen molar-refractivity contribution in [3.05, 3.63) is 38.9 Å². The molecule has 2 aliphatic carbocycles. The van der Waals surface area contributed by atoms with Crippen molar-refractivity contribution < 1.29 is 28.8 Å². The molecule has 1 heterocycles.